The van der Waals surface area contributed by atoms with Gasteiger partial charge in [-0.1, -0.05) is 36.4 Å². The van der Waals surface area contributed by atoms with Gasteiger partial charge in [0.2, 0.25) is 0 Å². The van der Waals surface area contributed by atoms with Crippen LogP contribution < -0.4 is 5.32 Å². The molecule has 1 N–H and O–H groups in total. The molecule has 1 saturated heterocycles. The Labute approximate surface area is 185 Å². The molecular formula is C23H18F3N3O2S. The highest BCUT2D eigenvalue weighted by molar-refractivity contribution is 7.15. The highest BCUT2D eigenvalue weighted by Crippen LogP contribution is 2.33. The molecule has 1 aliphatic rings. The van der Waals surface area contributed by atoms with Crippen LogP contribution in [0.4, 0.5) is 13.2 Å². The average molecular weight is 457 g/mol. The number of Topliss-reactive ketones (excluding diaryl/α,β-unsaturated/α-hetero) is 1. The molecule has 9 heteroatoms. The summed E-state index contributed by atoms with van der Waals surface area (Å²) >= 11 is 1.41. The van der Waals surface area contributed by atoms with Gasteiger partial charge in [0.15, 0.2) is 10.7 Å². The second-order valence-electron chi connectivity index (χ2n) is 7.48. The maximum atomic E-state index is 12.8. The number of hydrogen-bond acceptors (Lipinski definition) is 5. The average Bonchev–Trinajstić information content (AvgIpc) is 3.40. The number of imidazole rings is 1. The molecule has 5 rings (SSSR count). The van der Waals surface area contributed by atoms with E-state index in [1.807, 2.05) is 28.1 Å². The minimum absolute atomic E-state index is 0.0563. The minimum Gasteiger partial charge on any atom is -0.367 e. The molecule has 0 spiro atoms. The number of halogens is 3. The molecule has 32 heavy (non-hydrogen) atoms. The molecule has 0 aliphatic carbocycles. The summed E-state index contributed by atoms with van der Waals surface area (Å²) in [6.45, 7) is 1.76. The largest absolute Gasteiger partial charge is 0.416 e. The molecule has 1 atom stereocenters. The van der Waals surface area contributed by atoms with E-state index < -0.39 is 17.8 Å². The Balaban J connectivity index is 1.40. The van der Waals surface area contributed by atoms with Crippen LogP contribution in [0.5, 0.6) is 0 Å². The van der Waals surface area contributed by atoms with Crippen LogP contribution in [0.1, 0.15) is 15.9 Å². The topological polar surface area (TPSA) is 55.6 Å². The van der Waals surface area contributed by atoms with Gasteiger partial charge in [0.1, 0.15) is 6.10 Å². The first kappa shape index (κ1) is 20.9. The standard InChI is InChI=1S/C23H18F3N3O2S/c24-23(25,26)17-7-5-15(6-8-17)19-13-32-22-28-18(12-29(19)22)14-1-3-16(4-2-14)21(30)20-11-27-9-10-31-20/h1-8,12-13,20,27H,9-11H2. The van der Waals surface area contributed by atoms with Crippen LogP contribution in [0.25, 0.3) is 27.5 Å². The van der Waals surface area contributed by atoms with Crippen molar-refractivity contribution in [1.29, 1.82) is 0 Å². The van der Waals surface area contributed by atoms with Crippen LogP contribution >= 0.6 is 11.3 Å². The summed E-state index contributed by atoms with van der Waals surface area (Å²) < 4.78 is 45.9. The van der Waals surface area contributed by atoms with Crippen molar-refractivity contribution in [2.75, 3.05) is 19.7 Å². The zero-order chi connectivity index (χ0) is 22.3. The molecule has 0 radical (unpaired) electrons. The van der Waals surface area contributed by atoms with E-state index in [2.05, 4.69) is 10.3 Å². The summed E-state index contributed by atoms with van der Waals surface area (Å²) in [4.78, 5) is 17.9. The summed E-state index contributed by atoms with van der Waals surface area (Å²) in [5, 5.41) is 5.02. The van der Waals surface area contributed by atoms with Gasteiger partial charge in [-0.15, -0.1) is 11.3 Å². The molecule has 1 fully saturated rings. The number of nitrogens with zero attached hydrogens (tertiary/aromatic N) is 2. The SMILES string of the molecule is O=C(c1ccc(-c2cn3c(-c4ccc(C(F)(F)F)cc4)csc3n2)cc1)C1CNCCO1. The number of hydrogen-bond donors (Lipinski definition) is 1. The fourth-order valence-corrected chi connectivity index (χ4v) is 4.57. The van der Waals surface area contributed by atoms with E-state index in [-0.39, 0.29) is 5.78 Å². The maximum absolute atomic E-state index is 12.8. The highest BCUT2D eigenvalue weighted by atomic mass is 32.1. The van der Waals surface area contributed by atoms with Crippen molar-refractivity contribution < 1.29 is 22.7 Å². The molecule has 0 amide bonds. The van der Waals surface area contributed by atoms with Crippen LogP contribution in [0, 0.1) is 0 Å². The molecule has 2 aromatic heterocycles. The van der Waals surface area contributed by atoms with Crippen molar-refractivity contribution in [2.45, 2.75) is 12.3 Å². The lowest BCUT2D eigenvalue weighted by atomic mass is 10.0. The number of benzene rings is 2. The van der Waals surface area contributed by atoms with Gasteiger partial charge in [-0.25, -0.2) is 4.98 Å². The van der Waals surface area contributed by atoms with Crippen LogP contribution in [0.15, 0.2) is 60.1 Å². The normalized spacial score (nSPS) is 17.0. The van der Waals surface area contributed by atoms with Crippen molar-refractivity contribution in [3.8, 4) is 22.5 Å². The second kappa shape index (κ2) is 8.16. The molecule has 0 bridgehead atoms. The molecule has 164 valence electrons. The zero-order valence-corrected chi connectivity index (χ0v) is 17.5. The van der Waals surface area contributed by atoms with Gasteiger partial charge in [0, 0.05) is 35.8 Å². The van der Waals surface area contributed by atoms with Crippen molar-refractivity contribution in [2.24, 2.45) is 0 Å². The summed E-state index contributed by atoms with van der Waals surface area (Å²) in [5.41, 5.74) is 2.91. The van der Waals surface area contributed by atoms with Crippen LogP contribution in [-0.4, -0.2) is 41.0 Å². The van der Waals surface area contributed by atoms with E-state index >= 15 is 0 Å². The van der Waals surface area contributed by atoms with E-state index in [4.69, 9.17) is 4.74 Å². The van der Waals surface area contributed by atoms with Gasteiger partial charge >= 0.3 is 6.18 Å². The van der Waals surface area contributed by atoms with E-state index in [1.54, 1.807) is 12.1 Å². The van der Waals surface area contributed by atoms with Gasteiger partial charge < -0.3 is 10.1 Å². The number of aromatic nitrogens is 2. The number of thiazole rings is 1. The van der Waals surface area contributed by atoms with Crippen molar-refractivity contribution in [3.63, 3.8) is 0 Å². The first-order chi connectivity index (χ1) is 15.4. The lowest BCUT2D eigenvalue weighted by Gasteiger charge is -2.22. The van der Waals surface area contributed by atoms with E-state index in [1.165, 1.54) is 23.5 Å². The molecular weight excluding hydrogens is 439 g/mol. The number of ketones is 1. The predicted molar refractivity (Wildman–Crippen MR) is 116 cm³/mol. The van der Waals surface area contributed by atoms with Crippen molar-refractivity contribution in [1.82, 2.24) is 14.7 Å². The number of nitrogens with one attached hydrogen (secondary N) is 1. The van der Waals surface area contributed by atoms with Gasteiger partial charge in [0.05, 0.1) is 23.6 Å². The smallest absolute Gasteiger partial charge is 0.367 e. The number of carbonyl (C=O) groups is 1. The fourth-order valence-electron chi connectivity index (χ4n) is 3.69. The monoisotopic (exact) mass is 457 g/mol. The minimum atomic E-state index is -4.36. The summed E-state index contributed by atoms with van der Waals surface area (Å²) in [6.07, 6.45) is -2.99. The second-order valence-corrected chi connectivity index (χ2v) is 8.32. The quantitative estimate of drug-likeness (QED) is 0.442. The summed E-state index contributed by atoms with van der Waals surface area (Å²) in [7, 11) is 0. The number of alkyl halides is 3. The lowest BCUT2D eigenvalue weighted by molar-refractivity contribution is -0.137. The highest BCUT2D eigenvalue weighted by Gasteiger charge is 2.30. The van der Waals surface area contributed by atoms with Crippen LogP contribution in [0.2, 0.25) is 0 Å². The molecule has 0 saturated carbocycles. The van der Waals surface area contributed by atoms with Gasteiger partial charge in [0.25, 0.3) is 0 Å². The van der Waals surface area contributed by atoms with E-state index in [0.29, 0.717) is 24.3 Å². The third-order valence-corrected chi connectivity index (χ3v) is 6.24. The Morgan fingerprint density at radius 3 is 2.47 bits per heavy atom. The van der Waals surface area contributed by atoms with Gasteiger partial charge in [-0.2, -0.15) is 13.2 Å². The first-order valence-electron chi connectivity index (χ1n) is 10.0. The number of ether oxygens (including phenoxy) is 1. The molecule has 3 heterocycles. The van der Waals surface area contributed by atoms with Crippen LogP contribution in [-0.2, 0) is 10.9 Å². The third kappa shape index (κ3) is 3.94. The Hall–Kier alpha value is -3.01. The molecule has 4 aromatic rings. The number of rotatable bonds is 4. The molecule has 1 unspecified atom stereocenters. The summed E-state index contributed by atoms with van der Waals surface area (Å²) in [5.74, 6) is -0.0563. The summed E-state index contributed by atoms with van der Waals surface area (Å²) in [6, 6.07) is 12.3. The van der Waals surface area contributed by atoms with E-state index in [0.717, 1.165) is 40.6 Å². The lowest BCUT2D eigenvalue weighted by Crippen LogP contribution is -2.43. The zero-order valence-electron chi connectivity index (χ0n) is 16.7. The fraction of sp³-hybridized carbons (Fsp3) is 0.217. The van der Waals surface area contributed by atoms with Crippen molar-refractivity contribution >= 4 is 22.1 Å². The predicted octanol–water partition coefficient (Wildman–Crippen LogP) is 4.92. The van der Waals surface area contributed by atoms with Crippen molar-refractivity contribution in [3.05, 3.63) is 71.2 Å². The number of carbonyl (C=O) groups excluding carboxylic acids is 1. The van der Waals surface area contributed by atoms with Gasteiger partial charge in [-0.05, 0) is 17.7 Å². The third-order valence-electron chi connectivity index (χ3n) is 5.40. The Morgan fingerprint density at radius 1 is 1.09 bits per heavy atom. The molecule has 5 nitrogen and oxygen atoms in total. The Bertz CT molecular complexity index is 1250. The Morgan fingerprint density at radius 2 is 1.81 bits per heavy atom. The number of morpholine rings is 1. The molecule has 1 aliphatic heterocycles. The number of fused-ring (bicyclic) bond motifs is 1. The Kier molecular flexibility index (Phi) is 5.32. The van der Waals surface area contributed by atoms with Crippen LogP contribution in [0.3, 0.4) is 0 Å². The van der Waals surface area contributed by atoms with Gasteiger partial charge in [-0.3, -0.25) is 9.20 Å². The van der Waals surface area contributed by atoms with E-state index in [9.17, 15) is 18.0 Å². The first-order valence-corrected chi connectivity index (χ1v) is 10.9. The maximum Gasteiger partial charge on any atom is 0.416 e. The molecule has 2 aromatic carbocycles.